The Bertz CT molecular complexity index is 848. The number of hydrogen-bond acceptors (Lipinski definition) is 6. The van der Waals surface area contributed by atoms with Crippen molar-refractivity contribution in [1.29, 1.82) is 0 Å². The highest BCUT2D eigenvalue weighted by Crippen LogP contribution is 2.38. The van der Waals surface area contributed by atoms with E-state index in [2.05, 4.69) is 15.6 Å². The van der Waals surface area contributed by atoms with Gasteiger partial charge in [-0.3, -0.25) is 19.3 Å². The van der Waals surface area contributed by atoms with Gasteiger partial charge in [0.1, 0.15) is 12.1 Å². The number of halogens is 1. The first kappa shape index (κ1) is 21.0. The molecule has 0 unspecified atom stereocenters. The van der Waals surface area contributed by atoms with E-state index in [0.717, 1.165) is 24.2 Å². The largest absolute Gasteiger partial charge is 0.451 e. The third-order valence-electron chi connectivity index (χ3n) is 5.48. The van der Waals surface area contributed by atoms with Gasteiger partial charge in [-0.2, -0.15) is 0 Å². The number of carbonyl (C=O) groups excluding carboxylic acids is 4. The maximum Gasteiger partial charge on any atom is 0.327 e. The highest BCUT2D eigenvalue weighted by molar-refractivity contribution is 6.32. The number of rotatable bonds is 5. The van der Waals surface area contributed by atoms with Gasteiger partial charge in [-0.25, -0.2) is 9.78 Å². The quantitative estimate of drug-likeness (QED) is 0.426. The van der Waals surface area contributed by atoms with Gasteiger partial charge in [-0.1, -0.05) is 31.4 Å². The van der Waals surface area contributed by atoms with Crippen molar-refractivity contribution in [1.82, 2.24) is 15.2 Å². The lowest BCUT2D eigenvalue weighted by Gasteiger charge is -2.36. The molecule has 1 spiro atoms. The van der Waals surface area contributed by atoms with E-state index in [1.54, 1.807) is 12.1 Å². The van der Waals surface area contributed by atoms with Crippen molar-refractivity contribution in [2.24, 2.45) is 5.92 Å². The standard InChI is InChI=1S/C19H23ClN4O5/c1-11-6-3-4-8-19(11)17(27)24(18(28)23-19)10-14(25)29-12(2)16(26)22-13-7-5-9-21-15(13)20/h5,7,9,11-12H,3-4,6,8,10H2,1-2H3,(H,22,26)(H,23,28)/t11-,12+,19-/m1/s1. The van der Waals surface area contributed by atoms with Gasteiger partial charge >= 0.3 is 12.0 Å². The fourth-order valence-corrected chi connectivity index (χ4v) is 3.94. The molecule has 29 heavy (non-hydrogen) atoms. The van der Waals surface area contributed by atoms with Crippen LogP contribution < -0.4 is 10.6 Å². The zero-order valence-electron chi connectivity index (χ0n) is 16.2. The van der Waals surface area contributed by atoms with Gasteiger partial charge < -0.3 is 15.4 Å². The van der Waals surface area contributed by atoms with E-state index in [1.165, 1.54) is 13.1 Å². The average molecular weight is 423 g/mol. The van der Waals surface area contributed by atoms with E-state index >= 15 is 0 Å². The topological polar surface area (TPSA) is 118 Å². The highest BCUT2D eigenvalue weighted by atomic mass is 35.5. The molecule has 4 amide bonds. The van der Waals surface area contributed by atoms with Crippen molar-refractivity contribution in [2.75, 3.05) is 11.9 Å². The Morgan fingerprint density at radius 1 is 1.45 bits per heavy atom. The first-order chi connectivity index (χ1) is 13.7. The summed E-state index contributed by atoms with van der Waals surface area (Å²) in [5, 5.41) is 5.38. The minimum absolute atomic E-state index is 0.0114. The number of hydrogen-bond donors (Lipinski definition) is 2. The minimum Gasteiger partial charge on any atom is -0.451 e. The molecule has 1 aromatic heterocycles. The smallest absolute Gasteiger partial charge is 0.327 e. The Balaban J connectivity index is 1.58. The molecule has 0 bridgehead atoms. The number of imide groups is 1. The number of urea groups is 1. The van der Waals surface area contributed by atoms with Gasteiger partial charge in [0.15, 0.2) is 11.3 Å². The number of ether oxygens (including phenoxy) is 1. The summed E-state index contributed by atoms with van der Waals surface area (Å²) in [6.07, 6.45) is 3.54. The monoisotopic (exact) mass is 422 g/mol. The van der Waals surface area contributed by atoms with Crippen molar-refractivity contribution in [3.8, 4) is 0 Å². The van der Waals surface area contributed by atoms with Crippen LogP contribution in [0.25, 0.3) is 0 Å². The molecule has 10 heteroatoms. The lowest BCUT2D eigenvalue weighted by Crippen LogP contribution is -2.54. The van der Waals surface area contributed by atoms with Crippen LogP contribution in [0, 0.1) is 5.92 Å². The Hall–Kier alpha value is -2.68. The van der Waals surface area contributed by atoms with Crippen molar-refractivity contribution < 1.29 is 23.9 Å². The van der Waals surface area contributed by atoms with E-state index in [0.29, 0.717) is 6.42 Å². The van der Waals surface area contributed by atoms with Gasteiger partial charge in [0.2, 0.25) is 0 Å². The third-order valence-corrected chi connectivity index (χ3v) is 5.78. The first-order valence-electron chi connectivity index (χ1n) is 9.49. The summed E-state index contributed by atoms with van der Waals surface area (Å²) in [5.41, 5.74) is -0.667. The molecule has 0 radical (unpaired) electrons. The Morgan fingerprint density at radius 2 is 2.21 bits per heavy atom. The summed E-state index contributed by atoms with van der Waals surface area (Å²) in [5.74, 6) is -1.88. The number of amides is 4. The molecule has 156 valence electrons. The lowest BCUT2D eigenvalue weighted by molar-refractivity contribution is -0.155. The fraction of sp³-hybridized carbons (Fsp3) is 0.526. The van der Waals surface area contributed by atoms with Crippen molar-refractivity contribution in [3.05, 3.63) is 23.5 Å². The fourth-order valence-electron chi connectivity index (χ4n) is 3.77. The van der Waals surface area contributed by atoms with Gasteiger partial charge in [0.05, 0.1) is 5.69 Å². The molecular weight excluding hydrogens is 400 g/mol. The van der Waals surface area contributed by atoms with Gasteiger partial charge in [0, 0.05) is 6.20 Å². The van der Waals surface area contributed by atoms with Gasteiger partial charge in [-0.05, 0) is 37.8 Å². The maximum atomic E-state index is 12.9. The molecule has 2 fully saturated rings. The summed E-state index contributed by atoms with van der Waals surface area (Å²) in [6, 6.07) is 2.54. The van der Waals surface area contributed by atoms with Crippen molar-refractivity contribution in [3.63, 3.8) is 0 Å². The van der Waals surface area contributed by atoms with Crippen LogP contribution in [-0.4, -0.2) is 51.9 Å². The SMILES string of the molecule is C[C@H](OC(=O)CN1C(=O)N[C@@]2(CCCC[C@H]2C)C1=O)C(=O)Nc1cccnc1Cl. The summed E-state index contributed by atoms with van der Waals surface area (Å²) < 4.78 is 5.10. The summed E-state index contributed by atoms with van der Waals surface area (Å²) in [7, 11) is 0. The Morgan fingerprint density at radius 3 is 2.90 bits per heavy atom. The number of pyridine rings is 1. The number of esters is 1. The minimum atomic E-state index is -1.15. The van der Waals surface area contributed by atoms with E-state index in [-0.39, 0.29) is 16.8 Å². The molecule has 2 heterocycles. The molecule has 3 rings (SSSR count). The molecule has 2 N–H and O–H groups in total. The first-order valence-corrected chi connectivity index (χ1v) is 9.87. The van der Waals surface area contributed by atoms with E-state index in [9.17, 15) is 19.2 Å². The second-order valence-electron chi connectivity index (χ2n) is 7.40. The second-order valence-corrected chi connectivity index (χ2v) is 7.76. The molecule has 1 saturated carbocycles. The predicted molar refractivity (Wildman–Crippen MR) is 104 cm³/mol. The molecule has 9 nitrogen and oxygen atoms in total. The molecule has 2 aliphatic rings. The predicted octanol–water partition coefficient (Wildman–Crippen LogP) is 2.11. The van der Waals surface area contributed by atoms with Crippen LogP contribution in [0.5, 0.6) is 0 Å². The zero-order chi connectivity index (χ0) is 21.2. The van der Waals surface area contributed by atoms with E-state index in [1.807, 2.05) is 6.92 Å². The van der Waals surface area contributed by atoms with Gasteiger partial charge in [0.25, 0.3) is 11.8 Å². The number of nitrogens with zero attached hydrogens (tertiary/aromatic N) is 2. The highest BCUT2D eigenvalue weighted by Gasteiger charge is 2.55. The molecule has 1 aromatic rings. The third kappa shape index (κ3) is 4.19. The summed E-state index contributed by atoms with van der Waals surface area (Å²) in [6.45, 7) is 2.76. The number of anilines is 1. The number of aromatic nitrogens is 1. The second kappa shape index (κ2) is 8.36. The Kier molecular flexibility index (Phi) is 6.07. The van der Waals surface area contributed by atoms with Crippen molar-refractivity contribution >= 4 is 41.1 Å². The molecule has 3 atom stereocenters. The van der Waals surface area contributed by atoms with E-state index in [4.69, 9.17) is 16.3 Å². The zero-order valence-corrected chi connectivity index (χ0v) is 17.0. The van der Waals surface area contributed by atoms with Crippen LogP contribution >= 0.6 is 11.6 Å². The van der Waals surface area contributed by atoms with Crippen LogP contribution in [0.4, 0.5) is 10.5 Å². The van der Waals surface area contributed by atoms with Crippen molar-refractivity contribution in [2.45, 2.75) is 51.2 Å². The lowest BCUT2D eigenvalue weighted by atomic mass is 9.73. The van der Waals surface area contributed by atoms with Crippen LogP contribution in [-0.2, 0) is 19.1 Å². The van der Waals surface area contributed by atoms with Crippen LogP contribution in [0.15, 0.2) is 18.3 Å². The number of nitrogens with one attached hydrogen (secondary N) is 2. The molecule has 0 aromatic carbocycles. The molecule has 1 saturated heterocycles. The van der Waals surface area contributed by atoms with Crippen LogP contribution in [0.3, 0.4) is 0 Å². The molecule has 1 aliphatic carbocycles. The summed E-state index contributed by atoms with van der Waals surface area (Å²) >= 11 is 5.88. The molecular formula is C19H23ClN4O5. The number of carbonyl (C=O) groups is 4. The van der Waals surface area contributed by atoms with Crippen LogP contribution in [0.2, 0.25) is 5.15 Å². The van der Waals surface area contributed by atoms with E-state index < -0.39 is 42.0 Å². The normalized spacial score (nSPS) is 24.9. The average Bonchev–Trinajstić information content (AvgIpc) is 2.91. The Labute approximate surface area is 173 Å². The summed E-state index contributed by atoms with van der Waals surface area (Å²) in [4.78, 5) is 54.4. The molecule has 1 aliphatic heterocycles. The maximum absolute atomic E-state index is 12.9. The van der Waals surface area contributed by atoms with Gasteiger partial charge in [-0.15, -0.1) is 0 Å². The van der Waals surface area contributed by atoms with Crippen LogP contribution in [0.1, 0.15) is 39.5 Å².